The van der Waals surface area contributed by atoms with Crippen molar-refractivity contribution in [1.29, 1.82) is 0 Å². The first-order valence-corrected chi connectivity index (χ1v) is 6.86. The predicted octanol–water partition coefficient (Wildman–Crippen LogP) is 4.39. The molecule has 0 aliphatic heterocycles. The van der Waals surface area contributed by atoms with Gasteiger partial charge in [0, 0.05) is 12.1 Å². The summed E-state index contributed by atoms with van der Waals surface area (Å²) in [5.74, 6) is -0.396. The smallest absolute Gasteiger partial charge is 0.165 e. The van der Waals surface area contributed by atoms with E-state index < -0.39 is 0 Å². The van der Waals surface area contributed by atoms with Crippen LogP contribution in [0.3, 0.4) is 0 Å². The molecule has 0 amide bonds. The van der Waals surface area contributed by atoms with E-state index in [0.29, 0.717) is 0 Å². The minimum Gasteiger partial charge on any atom is -0.494 e. The van der Waals surface area contributed by atoms with Crippen molar-refractivity contribution in [3.63, 3.8) is 0 Å². The van der Waals surface area contributed by atoms with Gasteiger partial charge in [-0.05, 0) is 49.2 Å². The summed E-state index contributed by atoms with van der Waals surface area (Å²) in [7, 11) is 1.44. The predicted molar refractivity (Wildman–Crippen MR) is 79.3 cm³/mol. The maximum absolute atomic E-state index is 13.7. The van der Waals surface area contributed by atoms with Crippen LogP contribution in [0, 0.1) is 11.6 Å². The number of hydrogen-bond donors (Lipinski definition) is 1. The lowest BCUT2D eigenvalue weighted by molar-refractivity contribution is 0.385. The fourth-order valence-corrected chi connectivity index (χ4v) is 2.27. The molecule has 21 heavy (non-hydrogen) atoms. The average molecular weight is 291 g/mol. The van der Waals surface area contributed by atoms with Crippen molar-refractivity contribution < 1.29 is 13.5 Å². The van der Waals surface area contributed by atoms with E-state index in [2.05, 4.69) is 5.32 Å². The molecule has 0 fully saturated rings. The topological polar surface area (TPSA) is 21.3 Å². The van der Waals surface area contributed by atoms with Gasteiger partial charge in [-0.2, -0.15) is 0 Å². The zero-order chi connectivity index (χ0) is 15.4. The summed E-state index contributed by atoms with van der Waals surface area (Å²) in [4.78, 5) is 0. The largest absolute Gasteiger partial charge is 0.494 e. The van der Waals surface area contributed by atoms with E-state index in [0.717, 1.165) is 11.1 Å². The standard InChI is InChI=1S/C17H19F2NO/c1-11(13-4-7-15(18)8-5-13)20-12(2)14-6-9-17(21-3)16(19)10-14/h4-12,20H,1-3H3. The van der Waals surface area contributed by atoms with Gasteiger partial charge in [0.25, 0.3) is 0 Å². The Morgan fingerprint density at radius 3 is 2.05 bits per heavy atom. The van der Waals surface area contributed by atoms with E-state index >= 15 is 0 Å². The Kier molecular flexibility index (Phi) is 4.91. The molecule has 2 unspecified atom stereocenters. The maximum Gasteiger partial charge on any atom is 0.165 e. The van der Waals surface area contributed by atoms with Crippen LogP contribution in [-0.2, 0) is 0 Å². The first kappa shape index (κ1) is 15.4. The SMILES string of the molecule is COc1ccc(C(C)NC(C)c2ccc(F)cc2)cc1F. The minimum atomic E-state index is -0.377. The van der Waals surface area contributed by atoms with Gasteiger partial charge in [-0.15, -0.1) is 0 Å². The van der Waals surface area contributed by atoms with Crippen LogP contribution in [0.1, 0.15) is 37.1 Å². The highest BCUT2D eigenvalue weighted by atomic mass is 19.1. The number of ether oxygens (including phenoxy) is 1. The monoisotopic (exact) mass is 291 g/mol. The fraction of sp³-hybridized carbons (Fsp3) is 0.294. The first-order valence-electron chi connectivity index (χ1n) is 6.86. The third-order valence-corrected chi connectivity index (χ3v) is 3.55. The van der Waals surface area contributed by atoms with Gasteiger partial charge in [0.05, 0.1) is 7.11 Å². The normalized spacial score (nSPS) is 13.8. The molecule has 0 aliphatic carbocycles. The van der Waals surface area contributed by atoms with Gasteiger partial charge in [0.1, 0.15) is 5.82 Å². The highest BCUT2D eigenvalue weighted by Gasteiger charge is 2.13. The first-order chi connectivity index (χ1) is 10.0. The third kappa shape index (κ3) is 3.79. The molecule has 0 saturated carbocycles. The van der Waals surface area contributed by atoms with Gasteiger partial charge >= 0.3 is 0 Å². The molecule has 0 radical (unpaired) electrons. The van der Waals surface area contributed by atoms with Crippen molar-refractivity contribution in [2.24, 2.45) is 0 Å². The van der Waals surface area contributed by atoms with Crippen molar-refractivity contribution in [2.45, 2.75) is 25.9 Å². The minimum absolute atomic E-state index is 0.0331. The summed E-state index contributed by atoms with van der Waals surface area (Å²) in [5.41, 5.74) is 1.82. The molecule has 0 saturated heterocycles. The molecule has 0 aliphatic rings. The fourth-order valence-electron chi connectivity index (χ4n) is 2.27. The molecule has 0 aromatic heterocycles. The number of rotatable bonds is 5. The average Bonchev–Trinajstić information content (AvgIpc) is 2.47. The van der Waals surface area contributed by atoms with Crippen molar-refractivity contribution in [2.75, 3.05) is 7.11 Å². The van der Waals surface area contributed by atoms with Crippen molar-refractivity contribution in [3.8, 4) is 5.75 Å². The lowest BCUT2D eigenvalue weighted by atomic mass is 10.0. The third-order valence-electron chi connectivity index (χ3n) is 3.55. The second-order valence-corrected chi connectivity index (χ2v) is 5.06. The molecular weight excluding hydrogens is 272 g/mol. The molecule has 0 bridgehead atoms. The summed E-state index contributed by atoms with van der Waals surface area (Å²) >= 11 is 0. The second-order valence-electron chi connectivity index (χ2n) is 5.06. The van der Waals surface area contributed by atoms with Crippen LogP contribution in [-0.4, -0.2) is 7.11 Å². The van der Waals surface area contributed by atoms with Crippen LogP contribution in [0.4, 0.5) is 8.78 Å². The Morgan fingerprint density at radius 2 is 1.48 bits per heavy atom. The Hall–Kier alpha value is -1.94. The molecule has 2 rings (SSSR count). The van der Waals surface area contributed by atoms with Gasteiger partial charge in [0.2, 0.25) is 0 Å². The lowest BCUT2D eigenvalue weighted by Gasteiger charge is -2.21. The quantitative estimate of drug-likeness (QED) is 0.882. The molecule has 2 nitrogen and oxygen atoms in total. The molecule has 2 atom stereocenters. The van der Waals surface area contributed by atoms with E-state index in [1.807, 2.05) is 19.9 Å². The van der Waals surface area contributed by atoms with Crippen molar-refractivity contribution >= 4 is 0 Å². The summed E-state index contributed by atoms with van der Waals surface area (Å²) in [5, 5.41) is 3.37. The number of nitrogens with one attached hydrogen (secondary N) is 1. The Bertz CT molecular complexity index is 598. The summed E-state index contributed by atoms with van der Waals surface area (Å²) in [6.45, 7) is 3.95. The van der Waals surface area contributed by atoms with Crippen LogP contribution in [0.5, 0.6) is 5.75 Å². The molecular formula is C17H19F2NO. The van der Waals surface area contributed by atoms with E-state index in [4.69, 9.17) is 4.74 Å². The molecule has 2 aromatic carbocycles. The highest BCUT2D eigenvalue weighted by Crippen LogP contribution is 2.24. The Balaban J connectivity index is 2.08. The molecule has 2 aromatic rings. The Morgan fingerprint density at radius 1 is 0.905 bits per heavy atom. The van der Waals surface area contributed by atoms with E-state index in [-0.39, 0.29) is 29.5 Å². The Labute approximate surface area is 123 Å². The zero-order valence-electron chi connectivity index (χ0n) is 12.4. The highest BCUT2D eigenvalue weighted by molar-refractivity contribution is 5.31. The lowest BCUT2D eigenvalue weighted by Crippen LogP contribution is -2.22. The van der Waals surface area contributed by atoms with Crippen LogP contribution in [0.25, 0.3) is 0 Å². The van der Waals surface area contributed by atoms with Gasteiger partial charge < -0.3 is 10.1 Å². The molecule has 1 N–H and O–H groups in total. The maximum atomic E-state index is 13.7. The summed E-state index contributed by atoms with van der Waals surface area (Å²) in [6.07, 6.45) is 0. The van der Waals surface area contributed by atoms with E-state index in [1.165, 1.54) is 25.3 Å². The van der Waals surface area contributed by atoms with Crippen LogP contribution in [0.2, 0.25) is 0 Å². The summed E-state index contributed by atoms with van der Waals surface area (Å²) in [6, 6.07) is 11.3. The van der Waals surface area contributed by atoms with Crippen LogP contribution >= 0.6 is 0 Å². The zero-order valence-corrected chi connectivity index (χ0v) is 12.4. The van der Waals surface area contributed by atoms with Gasteiger partial charge in [-0.1, -0.05) is 18.2 Å². The van der Waals surface area contributed by atoms with Gasteiger partial charge in [-0.25, -0.2) is 8.78 Å². The second kappa shape index (κ2) is 6.68. The molecule has 0 heterocycles. The van der Waals surface area contributed by atoms with Crippen molar-refractivity contribution in [3.05, 3.63) is 65.2 Å². The van der Waals surface area contributed by atoms with Crippen molar-refractivity contribution in [1.82, 2.24) is 5.32 Å². The number of methoxy groups -OCH3 is 1. The van der Waals surface area contributed by atoms with E-state index in [9.17, 15) is 8.78 Å². The molecule has 112 valence electrons. The number of halogens is 2. The van der Waals surface area contributed by atoms with Gasteiger partial charge in [0.15, 0.2) is 11.6 Å². The van der Waals surface area contributed by atoms with E-state index in [1.54, 1.807) is 18.2 Å². The van der Waals surface area contributed by atoms with Crippen LogP contribution < -0.4 is 10.1 Å². The number of benzene rings is 2. The van der Waals surface area contributed by atoms with Gasteiger partial charge in [-0.3, -0.25) is 0 Å². The number of hydrogen-bond acceptors (Lipinski definition) is 2. The summed E-state index contributed by atoms with van der Waals surface area (Å²) < 4.78 is 31.6. The molecule has 4 heteroatoms. The molecule has 0 spiro atoms. The van der Waals surface area contributed by atoms with Crippen LogP contribution in [0.15, 0.2) is 42.5 Å².